The summed E-state index contributed by atoms with van der Waals surface area (Å²) in [5.41, 5.74) is 6.23. The average Bonchev–Trinajstić information content (AvgIpc) is 3.72. The smallest absolute Gasteiger partial charge is 0.166 e. The quantitative estimate of drug-likeness (QED) is 0.194. The zero-order chi connectivity index (χ0) is 31.6. The Bertz CT molecular complexity index is 2780. The lowest BCUT2D eigenvalue weighted by Gasteiger charge is -2.15. The Morgan fingerprint density at radius 2 is 0.938 bits per heavy atom. The molecule has 0 spiro atoms. The van der Waals surface area contributed by atoms with Gasteiger partial charge in [-0.2, -0.15) is 0 Å². The molecule has 10 rings (SSSR count). The summed E-state index contributed by atoms with van der Waals surface area (Å²) in [6.07, 6.45) is 0. The van der Waals surface area contributed by atoms with Gasteiger partial charge in [-0.1, -0.05) is 133 Å². The molecule has 0 amide bonds. The van der Waals surface area contributed by atoms with E-state index in [-0.39, 0.29) is 0 Å². The summed E-state index contributed by atoms with van der Waals surface area (Å²) >= 11 is 1.87. The summed E-state index contributed by atoms with van der Waals surface area (Å²) in [6, 6.07) is 55.3. The van der Waals surface area contributed by atoms with Crippen molar-refractivity contribution in [3.63, 3.8) is 0 Å². The highest BCUT2D eigenvalue weighted by Crippen LogP contribution is 2.48. The molecule has 5 heteroatoms. The van der Waals surface area contributed by atoms with Crippen molar-refractivity contribution in [2.24, 2.45) is 0 Å². The van der Waals surface area contributed by atoms with E-state index in [2.05, 4.69) is 126 Å². The largest absolute Gasteiger partial charge is 0.307 e. The third-order valence-electron chi connectivity index (χ3n) is 9.24. The van der Waals surface area contributed by atoms with Gasteiger partial charge in [-0.15, -0.1) is 11.3 Å². The van der Waals surface area contributed by atoms with Crippen LogP contribution in [0.15, 0.2) is 158 Å². The van der Waals surface area contributed by atoms with Gasteiger partial charge >= 0.3 is 0 Å². The van der Waals surface area contributed by atoms with E-state index in [9.17, 15) is 0 Å². The van der Waals surface area contributed by atoms with Crippen molar-refractivity contribution in [3.05, 3.63) is 158 Å². The van der Waals surface area contributed by atoms with E-state index in [0.29, 0.717) is 17.5 Å². The van der Waals surface area contributed by atoms with Crippen LogP contribution in [0.4, 0.5) is 0 Å². The first-order chi connectivity index (χ1) is 23.8. The maximum Gasteiger partial charge on any atom is 0.166 e. The highest BCUT2D eigenvalue weighted by atomic mass is 32.1. The molecular weight excluding hydrogens is 605 g/mol. The van der Waals surface area contributed by atoms with Crippen molar-refractivity contribution >= 4 is 64.1 Å². The Morgan fingerprint density at radius 1 is 0.417 bits per heavy atom. The zero-order valence-corrected chi connectivity index (χ0v) is 26.5. The maximum absolute atomic E-state index is 5.14. The van der Waals surface area contributed by atoms with Crippen LogP contribution >= 0.6 is 11.3 Å². The minimum absolute atomic E-state index is 0.637. The van der Waals surface area contributed by atoms with E-state index >= 15 is 0 Å². The average molecular weight is 631 g/mol. The van der Waals surface area contributed by atoms with Crippen LogP contribution < -0.4 is 0 Å². The lowest BCUT2D eigenvalue weighted by atomic mass is 9.99. The van der Waals surface area contributed by atoms with E-state index in [1.807, 2.05) is 47.7 Å². The number of thiophene rings is 1. The molecule has 0 fully saturated rings. The molecule has 0 radical (unpaired) electrons. The monoisotopic (exact) mass is 630 g/mol. The molecule has 0 saturated heterocycles. The van der Waals surface area contributed by atoms with Crippen LogP contribution in [0.5, 0.6) is 0 Å². The molecule has 7 aromatic carbocycles. The molecule has 4 nitrogen and oxygen atoms in total. The van der Waals surface area contributed by atoms with Gasteiger partial charge in [0.1, 0.15) is 0 Å². The number of para-hydroxylation sites is 2. The second-order valence-corrected chi connectivity index (χ2v) is 13.0. The molecule has 224 valence electrons. The van der Waals surface area contributed by atoms with Gasteiger partial charge in [0.05, 0.1) is 21.4 Å². The van der Waals surface area contributed by atoms with Gasteiger partial charge in [0.15, 0.2) is 17.5 Å². The number of hydrogen-bond donors (Lipinski definition) is 0. The van der Waals surface area contributed by atoms with Gasteiger partial charge < -0.3 is 4.57 Å². The summed E-state index contributed by atoms with van der Waals surface area (Å²) in [5, 5.41) is 7.63. The second kappa shape index (κ2) is 10.7. The molecule has 3 heterocycles. The Kier molecular flexibility index (Phi) is 6.01. The van der Waals surface area contributed by atoms with E-state index in [1.165, 1.54) is 47.2 Å². The van der Waals surface area contributed by atoms with Crippen molar-refractivity contribution < 1.29 is 0 Å². The molecule has 0 unspecified atom stereocenters. The van der Waals surface area contributed by atoms with Crippen LogP contribution in [0.3, 0.4) is 0 Å². The molecular formula is C43H26N4S. The first kappa shape index (κ1) is 27.0. The fraction of sp³-hybridized carbons (Fsp3) is 0. The predicted molar refractivity (Wildman–Crippen MR) is 201 cm³/mol. The van der Waals surface area contributed by atoms with E-state index in [1.54, 1.807) is 0 Å². The Balaban J connectivity index is 1.35. The minimum atomic E-state index is 0.637. The summed E-state index contributed by atoms with van der Waals surface area (Å²) in [7, 11) is 0. The van der Waals surface area contributed by atoms with Crippen molar-refractivity contribution in [3.8, 4) is 39.9 Å². The topological polar surface area (TPSA) is 43.6 Å². The lowest BCUT2D eigenvalue weighted by molar-refractivity contribution is 1.06. The van der Waals surface area contributed by atoms with Gasteiger partial charge in [-0.05, 0) is 35.0 Å². The standard InChI is InChI=1S/C43H26N4S/c1-3-15-27(16-4-1)41-44-42(28-17-5-2-6-18-28)46-43(45-41)32-22-10-13-25-35(32)47-34-24-12-9-21-31(34)37-29-19-7-8-20-30(29)38-33-23-11-14-26-36(33)48-40(38)39(37)47/h1-26H. The normalized spacial score (nSPS) is 11.8. The molecule has 48 heavy (non-hydrogen) atoms. The minimum Gasteiger partial charge on any atom is -0.307 e. The fourth-order valence-corrected chi connectivity index (χ4v) is 8.42. The number of benzene rings is 7. The molecule has 0 bridgehead atoms. The van der Waals surface area contributed by atoms with Gasteiger partial charge in [0.2, 0.25) is 0 Å². The fourth-order valence-electron chi connectivity index (χ4n) is 7.16. The molecule has 0 aliphatic rings. The van der Waals surface area contributed by atoms with Crippen molar-refractivity contribution in [1.82, 2.24) is 19.5 Å². The van der Waals surface area contributed by atoms with Crippen molar-refractivity contribution in [1.29, 1.82) is 0 Å². The number of nitrogens with zero attached hydrogens (tertiary/aromatic N) is 4. The zero-order valence-electron chi connectivity index (χ0n) is 25.7. The highest BCUT2D eigenvalue weighted by Gasteiger charge is 2.24. The lowest BCUT2D eigenvalue weighted by Crippen LogP contribution is -2.03. The summed E-state index contributed by atoms with van der Waals surface area (Å²) in [6.45, 7) is 0. The number of hydrogen-bond acceptors (Lipinski definition) is 4. The van der Waals surface area contributed by atoms with Gasteiger partial charge in [-0.3, -0.25) is 0 Å². The van der Waals surface area contributed by atoms with E-state index in [0.717, 1.165) is 27.9 Å². The Labute approximate surface area is 280 Å². The van der Waals surface area contributed by atoms with Crippen LogP contribution in [-0.2, 0) is 0 Å². The Hall–Kier alpha value is -6.17. The molecule has 0 N–H and O–H groups in total. The van der Waals surface area contributed by atoms with Gasteiger partial charge in [0, 0.05) is 42.9 Å². The van der Waals surface area contributed by atoms with E-state index in [4.69, 9.17) is 15.0 Å². The maximum atomic E-state index is 5.14. The Morgan fingerprint density at radius 3 is 1.65 bits per heavy atom. The first-order valence-electron chi connectivity index (χ1n) is 16.1. The first-order valence-corrected chi connectivity index (χ1v) is 16.9. The van der Waals surface area contributed by atoms with Crippen molar-refractivity contribution in [2.75, 3.05) is 0 Å². The van der Waals surface area contributed by atoms with Gasteiger partial charge in [-0.25, -0.2) is 15.0 Å². The number of aromatic nitrogens is 4. The summed E-state index contributed by atoms with van der Waals surface area (Å²) in [4.78, 5) is 15.3. The molecule has 10 aromatic rings. The van der Waals surface area contributed by atoms with Crippen LogP contribution in [0.2, 0.25) is 0 Å². The van der Waals surface area contributed by atoms with Gasteiger partial charge in [0.25, 0.3) is 0 Å². The second-order valence-electron chi connectivity index (χ2n) is 12.0. The van der Waals surface area contributed by atoms with Crippen LogP contribution in [0, 0.1) is 0 Å². The van der Waals surface area contributed by atoms with Crippen LogP contribution in [0.25, 0.3) is 92.6 Å². The van der Waals surface area contributed by atoms with Crippen LogP contribution in [-0.4, -0.2) is 19.5 Å². The third kappa shape index (κ3) is 4.05. The third-order valence-corrected chi connectivity index (χ3v) is 10.4. The summed E-state index contributed by atoms with van der Waals surface area (Å²) in [5.74, 6) is 1.93. The molecule has 0 aliphatic carbocycles. The van der Waals surface area contributed by atoms with Crippen molar-refractivity contribution in [2.45, 2.75) is 0 Å². The van der Waals surface area contributed by atoms with Crippen LogP contribution in [0.1, 0.15) is 0 Å². The molecule has 3 aromatic heterocycles. The molecule has 0 atom stereocenters. The number of fused-ring (bicyclic) bond motifs is 10. The molecule has 0 aliphatic heterocycles. The molecule has 0 saturated carbocycles. The predicted octanol–water partition coefficient (Wildman–Crippen LogP) is 11.5. The van der Waals surface area contributed by atoms with E-state index < -0.39 is 0 Å². The number of rotatable bonds is 4. The highest BCUT2D eigenvalue weighted by molar-refractivity contribution is 7.27. The summed E-state index contributed by atoms with van der Waals surface area (Å²) < 4.78 is 5.01. The SMILES string of the molecule is c1ccc(-c2nc(-c3ccccc3)nc(-c3ccccc3-n3c4ccccc4c4c5ccccc5c5c6ccccc6sc5c43)n2)cc1.